The van der Waals surface area contributed by atoms with Crippen LogP contribution in [0, 0.1) is 0 Å². The molecular formula is C28H41N5O5. The molecule has 0 radical (unpaired) electrons. The van der Waals surface area contributed by atoms with E-state index in [-0.39, 0.29) is 30.2 Å². The van der Waals surface area contributed by atoms with Crippen LogP contribution in [0.2, 0.25) is 0 Å². The number of ether oxygens (including phenoxy) is 1. The van der Waals surface area contributed by atoms with Gasteiger partial charge in [-0.2, -0.15) is 0 Å². The minimum Gasteiger partial charge on any atom is -0.444 e. The summed E-state index contributed by atoms with van der Waals surface area (Å²) in [4.78, 5) is 54.8. The Morgan fingerprint density at radius 2 is 1.79 bits per heavy atom. The van der Waals surface area contributed by atoms with E-state index in [1.165, 1.54) is 0 Å². The molecule has 2 fully saturated rings. The summed E-state index contributed by atoms with van der Waals surface area (Å²) in [6.07, 6.45) is 4.60. The first kappa shape index (κ1) is 27.9. The van der Waals surface area contributed by atoms with Gasteiger partial charge in [-0.15, -0.1) is 0 Å². The zero-order chi connectivity index (χ0) is 27.3. The van der Waals surface area contributed by atoms with Crippen LogP contribution in [-0.4, -0.2) is 84.5 Å². The number of unbranched alkanes of at least 4 members (excludes halogenated alkanes) is 3. The maximum Gasteiger partial charge on any atom is 0.407 e. The summed E-state index contributed by atoms with van der Waals surface area (Å²) < 4.78 is 5.25. The van der Waals surface area contributed by atoms with Crippen LogP contribution in [0.5, 0.6) is 0 Å². The van der Waals surface area contributed by atoms with Gasteiger partial charge in [-0.25, -0.2) is 4.79 Å². The van der Waals surface area contributed by atoms with Gasteiger partial charge in [0.15, 0.2) is 0 Å². The van der Waals surface area contributed by atoms with Crippen LogP contribution in [0.1, 0.15) is 75.2 Å². The molecule has 1 unspecified atom stereocenters. The summed E-state index contributed by atoms with van der Waals surface area (Å²) in [5, 5.41) is 5.17. The highest BCUT2D eigenvalue weighted by Crippen LogP contribution is 2.31. The molecule has 38 heavy (non-hydrogen) atoms. The second-order valence-corrected chi connectivity index (χ2v) is 11.4. The van der Waals surface area contributed by atoms with Gasteiger partial charge in [-0.05, 0) is 70.3 Å². The van der Waals surface area contributed by atoms with Crippen molar-refractivity contribution in [2.45, 2.75) is 77.5 Å². The summed E-state index contributed by atoms with van der Waals surface area (Å²) in [5.74, 6) is -0.785. The molecule has 3 heterocycles. The van der Waals surface area contributed by atoms with E-state index in [0.29, 0.717) is 25.1 Å². The fourth-order valence-electron chi connectivity index (χ4n) is 5.31. The van der Waals surface area contributed by atoms with Gasteiger partial charge in [0.2, 0.25) is 11.8 Å². The third-order valence-corrected chi connectivity index (χ3v) is 7.31. The van der Waals surface area contributed by atoms with Crippen LogP contribution in [0.25, 0.3) is 0 Å². The van der Waals surface area contributed by atoms with Crippen molar-refractivity contribution >= 4 is 29.5 Å². The van der Waals surface area contributed by atoms with E-state index in [9.17, 15) is 19.2 Å². The van der Waals surface area contributed by atoms with Crippen LogP contribution in [0.3, 0.4) is 0 Å². The van der Waals surface area contributed by atoms with E-state index < -0.39 is 11.6 Å². The lowest BCUT2D eigenvalue weighted by Gasteiger charge is -2.36. The Balaban J connectivity index is 1.15. The summed E-state index contributed by atoms with van der Waals surface area (Å²) in [6, 6.07) is 5.38. The van der Waals surface area contributed by atoms with Crippen LogP contribution >= 0.6 is 0 Å². The SMILES string of the molecule is CC(C)(C)OC(=O)NCCCCCCN1CCN(c2ccc3c(c2)CN(C2CCC(=O)NC2=O)C3=O)CC1. The first-order chi connectivity index (χ1) is 18.1. The Hall–Kier alpha value is -3.14. The number of fused-ring (bicyclic) bond motifs is 1. The number of anilines is 1. The zero-order valence-electron chi connectivity index (χ0n) is 22.9. The first-order valence-electron chi connectivity index (χ1n) is 13.8. The summed E-state index contributed by atoms with van der Waals surface area (Å²) >= 11 is 0. The second-order valence-electron chi connectivity index (χ2n) is 11.4. The lowest BCUT2D eigenvalue weighted by atomic mass is 10.0. The minimum absolute atomic E-state index is 0.133. The molecule has 1 aromatic rings. The fraction of sp³-hybridized carbons (Fsp3) is 0.643. The number of alkyl carbamates (subject to hydrolysis) is 1. The van der Waals surface area contributed by atoms with Gasteiger partial charge in [0.05, 0.1) is 0 Å². The van der Waals surface area contributed by atoms with E-state index in [0.717, 1.165) is 69.7 Å². The number of piperazine rings is 1. The molecule has 208 valence electrons. The first-order valence-corrected chi connectivity index (χ1v) is 13.8. The largest absolute Gasteiger partial charge is 0.444 e. The molecule has 0 aliphatic carbocycles. The molecule has 0 bridgehead atoms. The molecule has 0 saturated carbocycles. The topological polar surface area (TPSA) is 111 Å². The molecule has 10 nitrogen and oxygen atoms in total. The Bertz CT molecular complexity index is 1040. The van der Waals surface area contributed by atoms with Crippen molar-refractivity contribution in [1.29, 1.82) is 0 Å². The van der Waals surface area contributed by atoms with Crippen LogP contribution in [0.15, 0.2) is 18.2 Å². The number of nitrogens with zero attached hydrogens (tertiary/aromatic N) is 3. The molecule has 3 aliphatic heterocycles. The number of carbonyl (C=O) groups excluding carboxylic acids is 4. The van der Waals surface area contributed by atoms with Crippen molar-refractivity contribution in [3.63, 3.8) is 0 Å². The third-order valence-electron chi connectivity index (χ3n) is 7.31. The standard InChI is InChI=1S/C28H41N5O5/c1-28(2,3)38-27(37)29-12-6-4-5-7-13-31-14-16-32(17-15-31)21-8-9-22-20(18-21)19-33(26(22)36)23-10-11-24(34)30-25(23)35/h8-9,18,23H,4-7,10-17,19H2,1-3H3,(H,29,37)(H,30,34,35). The van der Waals surface area contributed by atoms with E-state index in [2.05, 4.69) is 26.5 Å². The van der Waals surface area contributed by atoms with E-state index in [1.54, 1.807) is 4.90 Å². The Labute approximate surface area is 225 Å². The van der Waals surface area contributed by atoms with Crippen molar-refractivity contribution in [3.8, 4) is 0 Å². The molecule has 0 aromatic heterocycles. The lowest BCUT2D eigenvalue weighted by molar-refractivity contribution is -0.136. The molecular weight excluding hydrogens is 486 g/mol. The number of piperidine rings is 1. The number of imide groups is 1. The van der Waals surface area contributed by atoms with E-state index in [4.69, 9.17) is 4.74 Å². The number of hydrogen-bond acceptors (Lipinski definition) is 7. The molecule has 1 aromatic carbocycles. The van der Waals surface area contributed by atoms with Crippen LogP contribution in [0.4, 0.5) is 10.5 Å². The van der Waals surface area contributed by atoms with Crippen LogP contribution < -0.4 is 15.5 Å². The minimum atomic E-state index is -0.583. The third kappa shape index (κ3) is 7.24. The maximum atomic E-state index is 12.9. The Morgan fingerprint density at radius 3 is 2.50 bits per heavy atom. The highest BCUT2D eigenvalue weighted by Gasteiger charge is 2.39. The van der Waals surface area contributed by atoms with E-state index >= 15 is 0 Å². The van der Waals surface area contributed by atoms with Crippen molar-refractivity contribution in [3.05, 3.63) is 29.3 Å². The molecule has 10 heteroatoms. The number of hydrogen-bond donors (Lipinski definition) is 2. The average molecular weight is 528 g/mol. The average Bonchev–Trinajstić information content (AvgIpc) is 3.18. The van der Waals surface area contributed by atoms with Crippen LogP contribution in [-0.2, 0) is 20.9 Å². The predicted octanol–water partition coefficient (Wildman–Crippen LogP) is 2.65. The van der Waals surface area contributed by atoms with Gasteiger partial charge in [0, 0.05) is 56.9 Å². The molecule has 1 atom stereocenters. The smallest absolute Gasteiger partial charge is 0.407 e. The fourth-order valence-corrected chi connectivity index (χ4v) is 5.31. The van der Waals surface area contributed by atoms with E-state index in [1.807, 2.05) is 32.9 Å². The number of rotatable bonds is 9. The summed E-state index contributed by atoms with van der Waals surface area (Å²) in [7, 11) is 0. The van der Waals surface area contributed by atoms with Crippen molar-refractivity contribution < 1.29 is 23.9 Å². The lowest BCUT2D eigenvalue weighted by Crippen LogP contribution is -2.52. The molecule has 4 rings (SSSR count). The van der Waals surface area contributed by atoms with Crippen molar-refractivity contribution in [2.24, 2.45) is 0 Å². The number of nitrogens with one attached hydrogen (secondary N) is 2. The Kier molecular flexibility index (Phi) is 8.91. The highest BCUT2D eigenvalue weighted by atomic mass is 16.6. The van der Waals surface area contributed by atoms with Crippen molar-refractivity contribution in [1.82, 2.24) is 20.4 Å². The van der Waals surface area contributed by atoms with Gasteiger partial charge in [0.1, 0.15) is 11.6 Å². The van der Waals surface area contributed by atoms with Gasteiger partial charge in [0.25, 0.3) is 5.91 Å². The molecule has 4 amide bonds. The normalized spacial score (nSPS) is 20.4. The quantitative estimate of drug-likeness (QED) is 0.375. The number of carbonyl (C=O) groups is 4. The molecule has 2 N–H and O–H groups in total. The molecule has 3 aliphatic rings. The Morgan fingerprint density at radius 1 is 1.05 bits per heavy atom. The highest BCUT2D eigenvalue weighted by molar-refractivity contribution is 6.05. The van der Waals surface area contributed by atoms with Crippen molar-refractivity contribution in [2.75, 3.05) is 44.2 Å². The summed E-state index contributed by atoms with van der Waals surface area (Å²) in [6.45, 7) is 11.6. The number of benzene rings is 1. The van der Waals surface area contributed by atoms with Gasteiger partial charge >= 0.3 is 6.09 Å². The van der Waals surface area contributed by atoms with Gasteiger partial charge in [-0.1, -0.05) is 12.8 Å². The predicted molar refractivity (Wildman–Crippen MR) is 144 cm³/mol. The molecule has 0 spiro atoms. The van der Waals surface area contributed by atoms with Gasteiger partial charge < -0.3 is 19.9 Å². The number of amides is 4. The second kappa shape index (κ2) is 12.1. The monoisotopic (exact) mass is 527 g/mol. The van der Waals surface area contributed by atoms with Gasteiger partial charge in [-0.3, -0.25) is 24.6 Å². The maximum absolute atomic E-state index is 12.9. The summed E-state index contributed by atoms with van der Waals surface area (Å²) in [5.41, 5.74) is 2.24. The molecule has 2 saturated heterocycles. The zero-order valence-corrected chi connectivity index (χ0v) is 22.9.